The van der Waals surface area contributed by atoms with Crippen LogP contribution in [-0.2, 0) is 0 Å². The molecule has 1 aromatic rings. The van der Waals surface area contributed by atoms with Crippen molar-refractivity contribution in [1.29, 1.82) is 0 Å². The van der Waals surface area contributed by atoms with Crippen LogP contribution in [0, 0.1) is 0 Å². The molecule has 0 bridgehead atoms. The van der Waals surface area contributed by atoms with Crippen molar-refractivity contribution in [2.75, 3.05) is 0 Å². The van der Waals surface area contributed by atoms with E-state index in [1.807, 2.05) is 0 Å². The van der Waals surface area contributed by atoms with Crippen molar-refractivity contribution in [3.63, 3.8) is 0 Å². The summed E-state index contributed by atoms with van der Waals surface area (Å²) >= 11 is 11.2. The summed E-state index contributed by atoms with van der Waals surface area (Å²) in [5, 5.41) is -0.0851. The smallest absolute Gasteiger partial charge is 0.294 e. The zero-order valence-electron chi connectivity index (χ0n) is 7.24. The molecule has 0 radical (unpaired) electrons. The lowest BCUT2D eigenvalue weighted by Crippen LogP contribution is -2.15. The average Bonchev–Trinajstić information content (AvgIpc) is 2.06. The average molecular weight is 257 g/mol. The summed E-state index contributed by atoms with van der Waals surface area (Å²) in [6, 6.07) is 3.98. The molecule has 0 unspecified atom stereocenters. The molecule has 0 N–H and O–H groups in total. The molecule has 15 heavy (non-hydrogen) atoms. The first kappa shape index (κ1) is 12.3. The molecular formula is C9H5Cl2F3O. The summed E-state index contributed by atoms with van der Waals surface area (Å²) in [5.41, 5.74) is -0.207. The Bertz CT molecular complexity index is 387. The highest BCUT2D eigenvalue weighted by Crippen LogP contribution is 2.29. The molecule has 0 aromatic heterocycles. The first-order chi connectivity index (χ1) is 6.81. The Kier molecular flexibility index (Phi) is 3.62. The minimum atomic E-state index is -4.54. The third-order valence-corrected chi connectivity index (χ3v) is 2.43. The summed E-state index contributed by atoms with van der Waals surface area (Å²) in [4.78, 5) is 11.2. The number of ketones is 1. The third-order valence-electron chi connectivity index (χ3n) is 1.61. The van der Waals surface area contributed by atoms with Crippen LogP contribution >= 0.6 is 23.2 Å². The van der Waals surface area contributed by atoms with Crippen LogP contribution in [0.25, 0.3) is 0 Å². The number of hydrogen-bond acceptors (Lipinski definition) is 1. The predicted octanol–water partition coefficient (Wildman–Crippen LogP) is 4.13. The molecule has 1 nitrogen and oxygen atoms in total. The lowest BCUT2D eigenvalue weighted by Gasteiger charge is -2.07. The van der Waals surface area contributed by atoms with Crippen LogP contribution in [0.1, 0.15) is 16.8 Å². The maximum Gasteiger partial charge on any atom is 0.396 e. The number of alkyl halides is 3. The predicted molar refractivity (Wildman–Crippen MR) is 51.5 cm³/mol. The Morgan fingerprint density at radius 3 is 2.40 bits per heavy atom. The van der Waals surface area contributed by atoms with E-state index >= 15 is 0 Å². The lowest BCUT2D eigenvalue weighted by atomic mass is 10.1. The van der Waals surface area contributed by atoms with Gasteiger partial charge in [0.15, 0.2) is 5.78 Å². The first-order valence-electron chi connectivity index (χ1n) is 3.85. The van der Waals surface area contributed by atoms with E-state index in [0.29, 0.717) is 0 Å². The van der Waals surface area contributed by atoms with E-state index in [1.165, 1.54) is 18.2 Å². The van der Waals surface area contributed by atoms with E-state index in [2.05, 4.69) is 0 Å². The van der Waals surface area contributed by atoms with Crippen molar-refractivity contribution < 1.29 is 18.0 Å². The topological polar surface area (TPSA) is 17.1 Å². The normalized spacial score (nSPS) is 11.5. The van der Waals surface area contributed by atoms with E-state index in [1.54, 1.807) is 0 Å². The van der Waals surface area contributed by atoms with Gasteiger partial charge >= 0.3 is 6.18 Å². The molecule has 0 aliphatic rings. The quantitative estimate of drug-likeness (QED) is 0.728. The van der Waals surface area contributed by atoms with Gasteiger partial charge in [-0.1, -0.05) is 29.3 Å². The van der Waals surface area contributed by atoms with Crippen LogP contribution in [0.4, 0.5) is 13.2 Å². The fourth-order valence-corrected chi connectivity index (χ4v) is 1.40. The van der Waals surface area contributed by atoms with E-state index in [4.69, 9.17) is 23.2 Å². The number of carbonyl (C=O) groups excluding carboxylic acids is 1. The van der Waals surface area contributed by atoms with Gasteiger partial charge in [-0.3, -0.25) is 4.79 Å². The number of carbonyl (C=O) groups is 1. The molecule has 0 aliphatic heterocycles. The molecule has 0 fully saturated rings. The number of rotatable bonds is 2. The van der Waals surface area contributed by atoms with E-state index in [-0.39, 0.29) is 15.6 Å². The molecule has 0 spiro atoms. The summed E-state index contributed by atoms with van der Waals surface area (Å²) in [7, 11) is 0. The Balaban J connectivity index is 2.97. The zero-order valence-corrected chi connectivity index (χ0v) is 8.75. The fraction of sp³-hybridized carbons (Fsp3) is 0.222. The second-order valence-electron chi connectivity index (χ2n) is 2.82. The summed E-state index contributed by atoms with van der Waals surface area (Å²) < 4.78 is 35.8. The van der Waals surface area contributed by atoms with Crippen molar-refractivity contribution >= 4 is 29.0 Å². The van der Waals surface area contributed by atoms with Crippen LogP contribution in [0.5, 0.6) is 0 Å². The van der Waals surface area contributed by atoms with Crippen molar-refractivity contribution in [3.05, 3.63) is 33.8 Å². The molecule has 0 atom stereocenters. The number of hydrogen-bond donors (Lipinski definition) is 0. The molecule has 0 aliphatic carbocycles. The Labute approximate surface area is 93.8 Å². The van der Waals surface area contributed by atoms with Crippen LogP contribution in [-0.4, -0.2) is 12.0 Å². The largest absolute Gasteiger partial charge is 0.396 e. The standard InChI is InChI=1S/C9H5Cl2F3O/c10-6-3-1-2-5(8(6)11)7(15)4-9(12,13)14/h1-3H,4H2. The number of Topliss-reactive ketones (excluding diaryl/α,β-unsaturated/α-hetero) is 1. The number of halogens is 5. The van der Waals surface area contributed by atoms with Gasteiger partial charge in [0.1, 0.15) is 6.42 Å². The molecule has 0 saturated heterocycles. The molecule has 1 aromatic carbocycles. The fourth-order valence-electron chi connectivity index (χ4n) is 0.996. The van der Waals surface area contributed by atoms with Crippen molar-refractivity contribution in [2.45, 2.75) is 12.6 Å². The van der Waals surface area contributed by atoms with Crippen LogP contribution in [0.15, 0.2) is 18.2 Å². The van der Waals surface area contributed by atoms with Gasteiger partial charge in [0.25, 0.3) is 0 Å². The first-order valence-corrected chi connectivity index (χ1v) is 4.61. The van der Waals surface area contributed by atoms with Gasteiger partial charge in [-0.15, -0.1) is 0 Å². The lowest BCUT2D eigenvalue weighted by molar-refractivity contribution is -0.125. The van der Waals surface area contributed by atoms with Gasteiger partial charge in [0.2, 0.25) is 0 Å². The van der Waals surface area contributed by atoms with Crippen LogP contribution < -0.4 is 0 Å². The molecule has 1 rings (SSSR count). The van der Waals surface area contributed by atoms with E-state index < -0.39 is 18.4 Å². The van der Waals surface area contributed by atoms with Crippen molar-refractivity contribution in [1.82, 2.24) is 0 Å². The molecule has 0 heterocycles. The maximum absolute atomic E-state index is 11.9. The molecule has 82 valence electrons. The van der Waals surface area contributed by atoms with Crippen molar-refractivity contribution in [2.24, 2.45) is 0 Å². The third kappa shape index (κ3) is 3.39. The molecular weight excluding hydrogens is 252 g/mol. The van der Waals surface area contributed by atoms with Crippen LogP contribution in [0.3, 0.4) is 0 Å². The van der Waals surface area contributed by atoms with Gasteiger partial charge in [-0.25, -0.2) is 0 Å². The van der Waals surface area contributed by atoms with E-state index in [9.17, 15) is 18.0 Å². The molecule has 0 amide bonds. The van der Waals surface area contributed by atoms with Gasteiger partial charge < -0.3 is 0 Å². The molecule has 0 saturated carbocycles. The zero-order chi connectivity index (χ0) is 11.6. The highest BCUT2D eigenvalue weighted by molar-refractivity contribution is 6.43. The highest BCUT2D eigenvalue weighted by Gasteiger charge is 2.32. The van der Waals surface area contributed by atoms with Crippen molar-refractivity contribution in [3.8, 4) is 0 Å². The van der Waals surface area contributed by atoms with Crippen LogP contribution in [0.2, 0.25) is 10.0 Å². The maximum atomic E-state index is 11.9. The SMILES string of the molecule is O=C(CC(F)(F)F)c1cccc(Cl)c1Cl. The van der Waals surface area contributed by atoms with Gasteiger partial charge in [0, 0.05) is 5.56 Å². The minimum Gasteiger partial charge on any atom is -0.294 e. The monoisotopic (exact) mass is 256 g/mol. The Morgan fingerprint density at radius 2 is 1.87 bits per heavy atom. The second-order valence-corrected chi connectivity index (χ2v) is 3.60. The van der Waals surface area contributed by atoms with Gasteiger partial charge in [-0.05, 0) is 12.1 Å². The van der Waals surface area contributed by atoms with E-state index in [0.717, 1.165) is 0 Å². The second kappa shape index (κ2) is 4.41. The Morgan fingerprint density at radius 1 is 1.27 bits per heavy atom. The van der Waals surface area contributed by atoms with Gasteiger partial charge in [0.05, 0.1) is 10.0 Å². The highest BCUT2D eigenvalue weighted by atomic mass is 35.5. The molecule has 6 heteroatoms. The summed E-state index contributed by atoms with van der Waals surface area (Å²) in [6.45, 7) is 0. The Hall–Kier alpha value is -0.740. The number of benzene rings is 1. The summed E-state index contributed by atoms with van der Waals surface area (Å²) in [5.74, 6) is -1.09. The summed E-state index contributed by atoms with van der Waals surface area (Å²) in [6.07, 6.45) is -6.07. The minimum absolute atomic E-state index is 0.0599. The van der Waals surface area contributed by atoms with Gasteiger partial charge in [-0.2, -0.15) is 13.2 Å².